The van der Waals surface area contributed by atoms with E-state index in [1.165, 1.54) is 18.4 Å². The van der Waals surface area contributed by atoms with Gasteiger partial charge in [0, 0.05) is 12.0 Å². The number of phenols is 1. The van der Waals surface area contributed by atoms with Crippen LogP contribution in [0, 0.1) is 0 Å². The minimum absolute atomic E-state index is 0.0138. The highest BCUT2D eigenvalue weighted by Gasteiger charge is 2.36. The van der Waals surface area contributed by atoms with E-state index in [2.05, 4.69) is 5.10 Å². The van der Waals surface area contributed by atoms with Gasteiger partial charge in [-0.3, -0.25) is 4.79 Å². The van der Waals surface area contributed by atoms with Crippen molar-refractivity contribution in [3.8, 4) is 11.5 Å². The van der Waals surface area contributed by atoms with E-state index < -0.39 is 6.04 Å². The number of carbonyl (C=O) groups is 1. The lowest BCUT2D eigenvalue weighted by Gasteiger charge is -2.22. The van der Waals surface area contributed by atoms with Crippen LogP contribution in [0.5, 0.6) is 11.5 Å². The number of furan rings is 1. The summed E-state index contributed by atoms with van der Waals surface area (Å²) in [6.45, 7) is 0. The third kappa shape index (κ3) is 2.76. The summed E-state index contributed by atoms with van der Waals surface area (Å²) in [5, 5.41) is 18.4. The molecule has 7 heteroatoms. The summed E-state index contributed by atoms with van der Waals surface area (Å²) in [6.07, 6.45) is 1.94. The Morgan fingerprint density at radius 1 is 1.31 bits per heavy atom. The van der Waals surface area contributed by atoms with Crippen molar-refractivity contribution >= 4 is 23.0 Å². The minimum Gasteiger partial charge on any atom is -0.504 e. The molecule has 1 aromatic carbocycles. The minimum atomic E-state index is -0.445. The van der Waals surface area contributed by atoms with Gasteiger partial charge >= 0.3 is 5.91 Å². The number of aromatic hydroxyl groups is 1. The first-order valence-electron chi connectivity index (χ1n) is 8.03. The molecule has 0 saturated carbocycles. The van der Waals surface area contributed by atoms with Crippen LogP contribution >= 0.6 is 11.3 Å². The van der Waals surface area contributed by atoms with Crippen LogP contribution in [0.15, 0.2) is 63.6 Å². The zero-order chi connectivity index (χ0) is 18.1. The number of benzene rings is 1. The summed E-state index contributed by atoms with van der Waals surface area (Å²) < 4.78 is 10.5. The van der Waals surface area contributed by atoms with Crippen molar-refractivity contribution in [2.45, 2.75) is 12.5 Å². The van der Waals surface area contributed by atoms with Gasteiger partial charge in [-0.2, -0.15) is 5.10 Å². The SMILES string of the molecule is COc1cccc([C@H]2CC(c3cccs3)=NN2C(=O)c2ccco2)c1O. The van der Waals surface area contributed by atoms with Crippen LogP contribution in [0.2, 0.25) is 0 Å². The van der Waals surface area contributed by atoms with Crippen LogP contribution in [0.25, 0.3) is 0 Å². The number of nitrogens with zero attached hydrogens (tertiary/aromatic N) is 2. The maximum Gasteiger partial charge on any atom is 0.310 e. The molecule has 1 aliphatic heterocycles. The predicted octanol–water partition coefficient (Wildman–Crippen LogP) is 4.05. The summed E-state index contributed by atoms with van der Waals surface area (Å²) >= 11 is 1.56. The lowest BCUT2D eigenvalue weighted by molar-refractivity contribution is 0.0676. The number of ether oxygens (including phenoxy) is 1. The van der Waals surface area contributed by atoms with Crippen LogP contribution in [0.3, 0.4) is 0 Å². The quantitative estimate of drug-likeness (QED) is 0.754. The molecule has 3 aromatic rings. The van der Waals surface area contributed by atoms with Crippen LogP contribution in [-0.4, -0.2) is 28.8 Å². The van der Waals surface area contributed by atoms with Crippen molar-refractivity contribution in [3.05, 3.63) is 70.3 Å². The fourth-order valence-electron chi connectivity index (χ4n) is 3.02. The number of hydrazone groups is 1. The van der Waals surface area contributed by atoms with Crippen LogP contribution < -0.4 is 4.74 Å². The molecule has 4 rings (SSSR count). The van der Waals surface area contributed by atoms with E-state index in [0.29, 0.717) is 17.7 Å². The molecule has 1 N–H and O–H groups in total. The Hall–Kier alpha value is -3.06. The van der Waals surface area contributed by atoms with Gasteiger partial charge in [0.1, 0.15) is 0 Å². The van der Waals surface area contributed by atoms with Crippen molar-refractivity contribution in [1.29, 1.82) is 0 Å². The summed E-state index contributed by atoms with van der Waals surface area (Å²) in [7, 11) is 1.49. The lowest BCUT2D eigenvalue weighted by atomic mass is 9.99. The molecule has 0 spiro atoms. The van der Waals surface area contributed by atoms with Crippen molar-refractivity contribution in [2.75, 3.05) is 7.11 Å². The summed E-state index contributed by atoms with van der Waals surface area (Å²) in [6, 6.07) is 12.0. The first-order valence-corrected chi connectivity index (χ1v) is 8.91. The Balaban J connectivity index is 1.76. The average Bonchev–Trinajstić information content (AvgIpc) is 3.42. The number of carbonyl (C=O) groups excluding carboxylic acids is 1. The number of methoxy groups -OCH3 is 1. The van der Waals surface area contributed by atoms with E-state index in [9.17, 15) is 9.90 Å². The Morgan fingerprint density at radius 3 is 2.88 bits per heavy atom. The van der Waals surface area contributed by atoms with Crippen LogP contribution in [0.1, 0.15) is 33.5 Å². The van der Waals surface area contributed by atoms with Crippen LogP contribution in [0.4, 0.5) is 0 Å². The fraction of sp³-hybridized carbons (Fsp3) is 0.158. The maximum absolute atomic E-state index is 12.9. The van der Waals surface area contributed by atoms with Crippen molar-refractivity contribution in [3.63, 3.8) is 0 Å². The number of hydrogen-bond donors (Lipinski definition) is 1. The second kappa shape index (κ2) is 6.68. The van der Waals surface area contributed by atoms with E-state index in [1.54, 1.807) is 41.7 Å². The predicted molar refractivity (Wildman–Crippen MR) is 97.8 cm³/mol. The van der Waals surface area contributed by atoms with Gasteiger partial charge in [-0.05, 0) is 29.6 Å². The van der Waals surface area contributed by atoms with E-state index in [1.807, 2.05) is 17.5 Å². The first kappa shape index (κ1) is 16.4. The summed E-state index contributed by atoms with van der Waals surface area (Å²) in [4.78, 5) is 13.9. The largest absolute Gasteiger partial charge is 0.504 e. The number of thiophene rings is 1. The van der Waals surface area contributed by atoms with E-state index in [-0.39, 0.29) is 17.4 Å². The number of phenolic OH excluding ortho intramolecular Hbond substituents is 1. The number of amides is 1. The highest BCUT2D eigenvalue weighted by Crippen LogP contribution is 2.41. The van der Waals surface area contributed by atoms with Crippen molar-refractivity contribution in [1.82, 2.24) is 5.01 Å². The van der Waals surface area contributed by atoms with Gasteiger partial charge < -0.3 is 14.3 Å². The highest BCUT2D eigenvalue weighted by molar-refractivity contribution is 7.12. The monoisotopic (exact) mass is 368 g/mol. The molecule has 0 aliphatic carbocycles. The van der Waals surface area contributed by atoms with Gasteiger partial charge in [0.15, 0.2) is 17.3 Å². The molecule has 1 atom stereocenters. The van der Waals surface area contributed by atoms with E-state index in [0.717, 1.165) is 10.6 Å². The molecule has 0 fully saturated rings. The zero-order valence-electron chi connectivity index (χ0n) is 14.0. The third-order valence-corrected chi connectivity index (χ3v) is 5.18. The number of rotatable bonds is 4. The molecule has 0 bridgehead atoms. The van der Waals surface area contributed by atoms with E-state index >= 15 is 0 Å². The molecule has 6 nitrogen and oxygen atoms in total. The van der Waals surface area contributed by atoms with Gasteiger partial charge in [-0.25, -0.2) is 5.01 Å². The smallest absolute Gasteiger partial charge is 0.310 e. The van der Waals surface area contributed by atoms with E-state index in [4.69, 9.17) is 9.15 Å². The third-order valence-electron chi connectivity index (χ3n) is 4.27. The first-order chi connectivity index (χ1) is 12.7. The molecule has 26 heavy (non-hydrogen) atoms. The second-order valence-corrected chi connectivity index (χ2v) is 6.72. The lowest BCUT2D eigenvalue weighted by Crippen LogP contribution is -2.26. The normalized spacial score (nSPS) is 16.6. The summed E-state index contributed by atoms with van der Waals surface area (Å²) in [5.74, 6) is 0.222. The molecule has 0 unspecified atom stereocenters. The molecule has 1 aliphatic rings. The Morgan fingerprint density at radius 2 is 2.19 bits per heavy atom. The van der Waals surface area contributed by atoms with Crippen molar-refractivity contribution in [2.24, 2.45) is 5.10 Å². The molecule has 132 valence electrons. The van der Waals surface area contributed by atoms with Gasteiger partial charge in [0.2, 0.25) is 0 Å². The molecule has 0 radical (unpaired) electrons. The second-order valence-electron chi connectivity index (χ2n) is 5.77. The van der Waals surface area contributed by atoms with Crippen molar-refractivity contribution < 1.29 is 19.1 Å². The molecule has 3 heterocycles. The Labute approximate surface area is 153 Å². The molecular formula is C19H16N2O4S. The van der Waals surface area contributed by atoms with Gasteiger partial charge in [-0.15, -0.1) is 11.3 Å². The Kier molecular flexibility index (Phi) is 4.22. The standard InChI is InChI=1S/C19H16N2O4S/c1-24-15-6-2-5-12(18(15)22)14-11-13(17-8-4-10-26-17)20-21(14)19(23)16-7-3-9-25-16/h2-10,14,22H,11H2,1H3/t14-/m1/s1. The molecule has 0 saturated heterocycles. The molecule has 2 aromatic heterocycles. The topological polar surface area (TPSA) is 75.3 Å². The zero-order valence-corrected chi connectivity index (χ0v) is 14.8. The molecular weight excluding hydrogens is 352 g/mol. The average molecular weight is 368 g/mol. The number of para-hydroxylation sites is 1. The van der Waals surface area contributed by atoms with Gasteiger partial charge in [-0.1, -0.05) is 18.2 Å². The highest BCUT2D eigenvalue weighted by atomic mass is 32.1. The number of hydrogen-bond acceptors (Lipinski definition) is 6. The van der Waals surface area contributed by atoms with Gasteiger partial charge in [0.05, 0.1) is 30.0 Å². The fourth-order valence-corrected chi connectivity index (χ4v) is 3.74. The van der Waals surface area contributed by atoms with Crippen LogP contribution in [-0.2, 0) is 0 Å². The maximum atomic E-state index is 12.9. The molecule has 1 amide bonds. The Bertz CT molecular complexity index is 948. The van der Waals surface area contributed by atoms with Gasteiger partial charge in [0.25, 0.3) is 0 Å². The summed E-state index contributed by atoms with van der Waals surface area (Å²) in [5.41, 5.74) is 1.38.